The number of hydrogen-bond donors (Lipinski definition) is 1. The summed E-state index contributed by atoms with van der Waals surface area (Å²) < 4.78 is 0. The fourth-order valence-electron chi connectivity index (χ4n) is 4.45. The van der Waals surface area contributed by atoms with Crippen molar-refractivity contribution in [1.29, 1.82) is 0 Å². The van der Waals surface area contributed by atoms with Crippen molar-refractivity contribution in [2.45, 2.75) is 122 Å². The molecular formula is C22H42O2. The van der Waals surface area contributed by atoms with Gasteiger partial charge in [0.1, 0.15) is 0 Å². The number of aliphatic carboxylic acids is 1. The first-order valence-corrected chi connectivity index (χ1v) is 11.0. The summed E-state index contributed by atoms with van der Waals surface area (Å²) in [6, 6.07) is 0. The summed E-state index contributed by atoms with van der Waals surface area (Å²) >= 11 is 0. The molecule has 0 heterocycles. The molecule has 0 radical (unpaired) electrons. The van der Waals surface area contributed by atoms with Crippen LogP contribution < -0.4 is 0 Å². The third-order valence-electron chi connectivity index (χ3n) is 5.96. The predicted molar refractivity (Wildman–Crippen MR) is 103 cm³/mol. The molecule has 0 bridgehead atoms. The summed E-state index contributed by atoms with van der Waals surface area (Å²) in [7, 11) is 0. The maximum absolute atomic E-state index is 10.5. The molecule has 1 N–H and O–H groups in total. The predicted octanol–water partition coefficient (Wildman–Crippen LogP) is 7.36. The Morgan fingerprint density at radius 2 is 1.21 bits per heavy atom. The molecule has 0 spiro atoms. The molecule has 24 heavy (non-hydrogen) atoms. The second-order valence-electron chi connectivity index (χ2n) is 8.06. The molecule has 2 nitrogen and oxygen atoms in total. The fraction of sp³-hybridized carbons (Fsp3) is 0.955. The van der Waals surface area contributed by atoms with E-state index in [0.29, 0.717) is 6.42 Å². The Labute approximate surface area is 150 Å². The lowest BCUT2D eigenvalue weighted by Crippen LogP contribution is -2.08. The van der Waals surface area contributed by atoms with Crippen molar-refractivity contribution < 1.29 is 9.90 Å². The van der Waals surface area contributed by atoms with Crippen molar-refractivity contribution in [3.63, 3.8) is 0 Å². The first-order valence-electron chi connectivity index (χ1n) is 11.0. The van der Waals surface area contributed by atoms with Crippen LogP contribution in [-0.4, -0.2) is 11.1 Å². The van der Waals surface area contributed by atoms with Crippen LogP contribution in [0.1, 0.15) is 122 Å². The lowest BCUT2D eigenvalue weighted by atomic mass is 9.86. The van der Waals surface area contributed by atoms with E-state index in [1.54, 1.807) is 0 Å². The van der Waals surface area contributed by atoms with Crippen LogP contribution in [-0.2, 0) is 4.79 Å². The van der Waals surface area contributed by atoms with Crippen molar-refractivity contribution >= 4 is 5.97 Å². The van der Waals surface area contributed by atoms with Crippen LogP contribution in [0.5, 0.6) is 0 Å². The molecule has 0 aliphatic heterocycles. The SMILES string of the molecule is CCCCCCCCCC[C@H]1CCC[C@@H]1CCCCCCC(=O)O. The molecule has 0 aromatic heterocycles. The van der Waals surface area contributed by atoms with E-state index < -0.39 is 5.97 Å². The molecule has 0 saturated heterocycles. The lowest BCUT2D eigenvalue weighted by Gasteiger charge is -2.19. The largest absolute Gasteiger partial charge is 0.481 e. The number of carbonyl (C=O) groups is 1. The molecule has 0 unspecified atom stereocenters. The van der Waals surface area contributed by atoms with Gasteiger partial charge in [0.25, 0.3) is 0 Å². The third kappa shape index (κ3) is 11.1. The lowest BCUT2D eigenvalue weighted by molar-refractivity contribution is -0.137. The molecule has 2 atom stereocenters. The van der Waals surface area contributed by atoms with E-state index in [0.717, 1.165) is 24.7 Å². The third-order valence-corrected chi connectivity index (χ3v) is 5.96. The molecule has 1 aliphatic carbocycles. The smallest absolute Gasteiger partial charge is 0.303 e. The zero-order valence-electron chi connectivity index (χ0n) is 16.2. The Bertz CT molecular complexity index is 300. The van der Waals surface area contributed by atoms with Gasteiger partial charge < -0.3 is 5.11 Å². The first-order chi connectivity index (χ1) is 11.7. The first kappa shape index (κ1) is 21.5. The second kappa shape index (κ2) is 14.8. The number of hydrogen-bond acceptors (Lipinski definition) is 1. The Kier molecular flexibility index (Phi) is 13.3. The highest BCUT2D eigenvalue weighted by Crippen LogP contribution is 2.38. The highest BCUT2D eigenvalue weighted by molar-refractivity contribution is 5.66. The van der Waals surface area contributed by atoms with Crippen LogP contribution in [0.15, 0.2) is 0 Å². The van der Waals surface area contributed by atoms with E-state index in [1.165, 1.54) is 96.3 Å². The van der Waals surface area contributed by atoms with E-state index in [1.807, 2.05) is 0 Å². The van der Waals surface area contributed by atoms with E-state index in [4.69, 9.17) is 5.11 Å². The Balaban J connectivity index is 1.95. The van der Waals surface area contributed by atoms with Gasteiger partial charge in [0.15, 0.2) is 0 Å². The van der Waals surface area contributed by atoms with Crippen molar-refractivity contribution in [2.24, 2.45) is 11.8 Å². The van der Waals surface area contributed by atoms with E-state index in [-0.39, 0.29) is 0 Å². The normalized spacial score (nSPS) is 20.5. The molecule has 0 aromatic rings. The van der Waals surface area contributed by atoms with Crippen LogP contribution >= 0.6 is 0 Å². The van der Waals surface area contributed by atoms with Crippen molar-refractivity contribution in [3.05, 3.63) is 0 Å². The molecule has 1 fully saturated rings. The Morgan fingerprint density at radius 1 is 0.750 bits per heavy atom. The van der Waals surface area contributed by atoms with Crippen LogP contribution in [0.25, 0.3) is 0 Å². The topological polar surface area (TPSA) is 37.3 Å². The van der Waals surface area contributed by atoms with Gasteiger partial charge >= 0.3 is 5.97 Å². The van der Waals surface area contributed by atoms with E-state index in [2.05, 4.69) is 6.92 Å². The summed E-state index contributed by atoms with van der Waals surface area (Å²) in [5.74, 6) is 1.34. The van der Waals surface area contributed by atoms with Gasteiger partial charge in [0, 0.05) is 6.42 Å². The highest BCUT2D eigenvalue weighted by atomic mass is 16.4. The molecule has 1 rings (SSSR count). The summed E-state index contributed by atoms with van der Waals surface area (Å²) in [4.78, 5) is 10.5. The summed E-state index contributed by atoms with van der Waals surface area (Å²) in [5.41, 5.74) is 0. The minimum Gasteiger partial charge on any atom is -0.481 e. The molecule has 1 aliphatic rings. The average molecular weight is 339 g/mol. The maximum Gasteiger partial charge on any atom is 0.303 e. The van der Waals surface area contributed by atoms with Gasteiger partial charge in [-0.1, -0.05) is 110 Å². The molecular weight excluding hydrogens is 296 g/mol. The van der Waals surface area contributed by atoms with Crippen LogP contribution in [0.3, 0.4) is 0 Å². The monoisotopic (exact) mass is 338 g/mol. The minimum atomic E-state index is -0.642. The molecule has 0 aromatic carbocycles. The van der Waals surface area contributed by atoms with Crippen molar-refractivity contribution in [3.8, 4) is 0 Å². The number of unbranched alkanes of at least 4 members (excludes halogenated alkanes) is 10. The number of carboxylic acid groups (broad SMARTS) is 1. The highest BCUT2D eigenvalue weighted by Gasteiger charge is 2.25. The molecule has 142 valence electrons. The van der Waals surface area contributed by atoms with Crippen LogP contribution in [0.4, 0.5) is 0 Å². The Hall–Kier alpha value is -0.530. The van der Waals surface area contributed by atoms with Crippen LogP contribution in [0, 0.1) is 11.8 Å². The standard InChI is InChI=1S/C22H42O2/c1-2-3-4-5-6-7-8-11-15-20-17-14-18-21(20)16-12-9-10-13-19-22(23)24/h20-21H,2-19H2,1H3,(H,23,24)/t20-,21-/m0/s1. The quantitative estimate of drug-likeness (QED) is 0.298. The number of carboxylic acids is 1. The molecule has 1 saturated carbocycles. The summed E-state index contributed by atoms with van der Waals surface area (Å²) in [5, 5.41) is 8.65. The van der Waals surface area contributed by atoms with Crippen molar-refractivity contribution in [1.82, 2.24) is 0 Å². The fourth-order valence-corrected chi connectivity index (χ4v) is 4.45. The summed E-state index contributed by atoms with van der Waals surface area (Å²) in [6.45, 7) is 2.29. The van der Waals surface area contributed by atoms with Gasteiger partial charge in [-0.05, 0) is 18.3 Å². The second-order valence-corrected chi connectivity index (χ2v) is 8.06. The van der Waals surface area contributed by atoms with Gasteiger partial charge in [0.2, 0.25) is 0 Å². The minimum absolute atomic E-state index is 0.352. The van der Waals surface area contributed by atoms with Gasteiger partial charge in [-0.3, -0.25) is 4.79 Å². The van der Waals surface area contributed by atoms with Gasteiger partial charge in [-0.15, -0.1) is 0 Å². The average Bonchev–Trinajstić information content (AvgIpc) is 3.00. The number of rotatable bonds is 16. The van der Waals surface area contributed by atoms with Gasteiger partial charge in [0.05, 0.1) is 0 Å². The van der Waals surface area contributed by atoms with Gasteiger partial charge in [-0.2, -0.15) is 0 Å². The maximum atomic E-state index is 10.5. The van der Waals surface area contributed by atoms with Gasteiger partial charge in [-0.25, -0.2) is 0 Å². The van der Waals surface area contributed by atoms with Crippen LogP contribution in [0.2, 0.25) is 0 Å². The summed E-state index contributed by atoms with van der Waals surface area (Å²) in [6.07, 6.45) is 23.6. The van der Waals surface area contributed by atoms with E-state index in [9.17, 15) is 4.79 Å². The van der Waals surface area contributed by atoms with Crippen molar-refractivity contribution in [2.75, 3.05) is 0 Å². The zero-order chi connectivity index (χ0) is 17.5. The zero-order valence-corrected chi connectivity index (χ0v) is 16.2. The Morgan fingerprint density at radius 3 is 1.71 bits per heavy atom. The van der Waals surface area contributed by atoms with E-state index >= 15 is 0 Å². The molecule has 2 heteroatoms. The molecule has 0 amide bonds.